The first-order valence-corrected chi connectivity index (χ1v) is 6.67. The zero-order valence-electron chi connectivity index (χ0n) is 12.8. The van der Waals surface area contributed by atoms with E-state index in [0.717, 1.165) is 0 Å². The van der Waals surface area contributed by atoms with Gasteiger partial charge in [-0.2, -0.15) is 0 Å². The van der Waals surface area contributed by atoms with Gasteiger partial charge in [0.05, 0.1) is 0 Å². The van der Waals surface area contributed by atoms with Crippen LogP contribution in [0.1, 0.15) is 32.3 Å². The zero-order valence-corrected chi connectivity index (χ0v) is 12.8. The van der Waals surface area contributed by atoms with Gasteiger partial charge in [-0.05, 0) is 20.8 Å². The van der Waals surface area contributed by atoms with Gasteiger partial charge in [0.2, 0.25) is 5.82 Å². The molecule has 0 aliphatic carbocycles. The van der Waals surface area contributed by atoms with E-state index in [1.54, 1.807) is 20.8 Å². The molecule has 0 bridgehead atoms. The second-order valence-corrected chi connectivity index (χ2v) is 5.80. The largest absolute Gasteiger partial charge is 0.444 e. The van der Waals surface area contributed by atoms with Gasteiger partial charge in [0.15, 0.2) is 23.3 Å². The summed E-state index contributed by atoms with van der Waals surface area (Å²) in [4.78, 5) is 11.5. The van der Waals surface area contributed by atoms with Crippen molar-refractivity contribution in [3.63, 3.8) is 0 Å². The van der Waals surface area contributed by atoms with E-state index in [1.807, 2.05) is 0 Å². The van der Waals surface area contributed by atoms with Crippen LogP contribution in [0, 0.1) is 29.1 Å². The van der Waals surface area contributed by atoms with Crippen LogP contribution in [-0.2, 0) is 4.74 Å². The molecule has 130 valence electrons. The van der Waals surface area contributed by atoms with Crippen LogP contribution < -0.4 is 11.1 Å². The summed E-state index contributed by atoms with van der Waals surface area (Å²) in [6.45, 7) is 3.88. The maximum absolute atomic E-state index is 13.7. The zero-order chi connectivity index (χ0) is 17.9. The first-order chi connectivity index (χ1) is 10.5. The standard InChI is InChI=1S/C14H17F5N2O2/c1-14(2,3)23-13(22)21-5-6(4-20)7-8(15)10(17)12(19)11(18)9(7)16/h6H,4-5,20H2,1-3H3,(H,21,22). The Morgan fingerprint density at radius 2 is 1.48 bits per heavy atom. The van der Waals surface area contributed by atoms with Crippen molar-refractivity contribution < 1.29 is 31.5 Å². The molecule has 1 aromatic carbocycles. The molecular weight excluding hydrogens is 323 g/mol. The third-order valence-electron chi connectivity index (χ3n) is 2.83. The summed E-state index contributed by atoms with van der Waals surface area (Å²) in [6.07, 6.45) is -0.903. The summed E-state index contributed by atoms with van der Waals surface area (Å²) in [6, 6.07) is 0. The van der Waals surface area contributed by atoms with E-state index < -0.39 is 65.4 Å². The minimum atomic E-state index is -2.25. The van der Waals surface area contributed by atoms with Crippen LogP contribution in [0.3, 0.4) is 0 Å². The highest BCUT2D eigenvalue weighted by Crippen LogP contribution is 2.28. The van der Waals surface area contributed by atoms with E-state index in [0.29, 0.717) is 0 Å². The van der Waals surface area contributed by atoms with Crippen molar-refractivity contribution >= 4 is 6.09 Å². The Bertz CT molecular complexity index is 573. The van der Waals surface area contributed by atoms with Crippen LogP contribution in [-0.4, -0.2) is 24.8 Å². The quantitative estimate of drug-likeness (QED) is 0.503. The molecular formula is C14H17F5N2O2. The van der Waals surface area contributed by atoms with Crippen LogP contribution in [0.15, 0.2) is 0 Å². The predicted octanol–water partition coefficient (Wildman–Crippen LogP) is 2.95. The molecule has 1 atom stereocenters. The van der Waals surface area contributed by atoms with Gasteiger partial charge < -0.3 is 15.8 Å². The van der Waals surface area contributed by atoms with Crippen LogP contribution in [0.25, 0.3) is 0 Å². The summed E-state index contributed by atoms with van der Waals surface area (Å²) in [5, 5.41) is 2.18. The average Bonchev–Trinajstić information content (AvgIpc) is 2.44. The second-order valence-electron chi connectivity index (χ2n) is 5.80. The molecule has 1 rings (SSSR count). The fourth-order valence-electron chi connectivity index (χ4n) is 1.80. The Labute approximate surface area is 129 Å². The number of nitrogens with one attached hydrogen (secondary N) is 1. The Morgan fingerprint density at radius 1 is 1.04 bits per heavy atom. The summed E-state index contributed by atoms with van der Waals surface area (Å²) in [5.74, 6) is -11.6. The molecule has 1 unspecified atom stereocenters. The van der Waals surface area contributed by atoms with Gasteiger partial charge >= 0.3 is 6.09 Å². The number of halogens is 5. The number of ether oxygens (including phenoxy) is 1. The van der Waals surface area contributed by atoms with E-state index in [-0.39, 0.29) is 0 Å². The number of carbonyl (C=O) groups excluding carboxylic acids is 1. The van der Waals surface area contributed by atoms with Crippen LogP contribution in [0.4, 0.5) is 26.7 Å². The van der Waals surface area contributed by atoms with Crippen molar-refractivity contribution in [2.24, 2.45) is 5.73 Å². The van der Waals surface area contributed by atoms with Crippen molar-refractivity contribution in [2.45, 2.75) is 32.3 Å². The van der Waals surface area contributed by atoms with E-state index in [1.165, 1.54) is 0 Å². The smallest absolute Gasteiger partial charge is 0.407 e. The van der Waals surface area contributed by atoms with Gasteiger partial charge in [-0.3, -0.25) is 0 Å². The lowest BCUT2D eigenvalue weighted by atomic mass is 9.97. The minimum Gasteiger partial charge on any atom is -0.444 e. The van der Waals surface area contributed by atoms with Crippen molar-refractivity contribution in [1.29, 1.82) is 0 Å². The molecule has 1 aromatic rings. The maximum atomic E-state index is 13.7. The number of benzene rings is 1. The van der Waals surface area contributed by atoms with Gasteiger partial charge in [0.25, 0.3) is 0 Å². The van der Waals surface area contributed by atoms with Crippen LogP contribution >= 0.6 is 0 Å². The third kappa shape index (κ3) is 4.54. The molecule has 9 heteroatoms. The first-order valence-electron chi connectivity index (χ1n) is 6.67. The molecule has 0 fully saturated rings. The highest BCUT2D eigenvalue weighted by Gasteiger charge is 2.30. The molecule has 4 nitrogen and oxygen atoms in total. The van der Waals surface area contributed by atoms with Gasteiger partial charge in [0.1, 0.15) is 5.60 Å². The lowest BCUT2D eigenvalue weighted by Gasteiger charge is -2.22. The molecule has 3 N–H and O–H groups in total. The van der Waals surface area contributed by atoms with E-state index in [4.69, 9.17) is 10.5 Å². The predicted molar refractivity (Wildman–Crippen MR) is 72.3 cm³/mol. The highest BCUT2D eigenvalue weighted by atomic mass is 19.2. The number of hydrogen-bond acceptors (Lipinski definition) is 3. The van der Waals surface area contributed by atoms with Crippen molar-refractivity contribution in [1.82, 2.24) is 5.32 Å². The summed E-state index contributed by atoms with van der Waals surface area (Å²) in [7, 11) is 0. The topological polar surface area (TPSA) is 64.3 Å². The first kappa shape index (κ1) is 19.1. The molecule has 0 aliphatic heterocycles. The van der Waals surface area contributed by atoms with E-state index in [9.17, 15) is 26.7 Å². The van der Waals surface area contributed by atoms with Crippen LogP contribution in [0.5, 0.6) is 0 Å². The normalized spacial score (nSPS) is 12.9. The Kier molecular flexibility index (Phi) is 5.92. The fourth-order valence-corrected chi connectivity index (χ4v) is 1.80. The van der Waals surface area contributed by atoms with Gasteiger partial charge in [0, 0.05) is 24.6 Å². The Hall–Kier alpha value is -1.90. The third-order valence-corrected chi connectivity index (χ3v) is 2.83. The minimum absolute atomic E-state index is 0.450. The van der Waals surface area contributed by atoms with Crippen LogP contribution in [0.2, 0.25) is 0 Å². The number of hydrogen-bond donors (Lipinski definition) is 2. The number of carbonyl (C=O) groups is 1. The Morgan fingerprint density at radius 3 is 1.87 bits per heavy atom. The lowest BCUT2D eigenvalue weighted by molar-refractivity contribution is 0.0524. The van der Waals surface area contributed by atoms with E-state index >= 15 is 0 Å². The fraction of sp³-hybridized carbons (Fsp3) is 0.500. The number of nitrogens with two attached hydrogens (primary N) is 1. The SMILES string of the molecule is CC(C)(C)OC(=O)NCC(CN)c1c(F)c(F)c(F)c(F)c1F. The molecule has 1 amide bonds. The average molecular weight is 340 g/mol. The number of rotatable bonds is 4. The van der Waals surface area contributed by atoms with Crippen molar-refractivity contribution in [2.75, 3.05) is 13.1 Å². The summed E-state index contributed by atoms with van der Waals surface area (Å²) >= 11 is 0. The van der Waals surface area contributed by atoms with Gasteiger partial charge in [-0.25, -0.2) is 26.7 Å². The van der Waals surface area contributed by atoms with Crippen molar-refractivity contribution in [3.05, 3.63) is 34.6 Å². The summed E-state index contributed by atoms with van der Waals surface area (Å²) < 4.78 is 71.8. The monoisotopic (exact) mass is 340 g/mol. The van der Waals surface area contributed by atoms with Crippen molar-refractivity contribution in [3.8, 4) is 0 Å². The highest BCUT2D eigenvalue weighted by molar-refractivity contribution is 5.67. The van der Waals surface area contributed by atoms with Gasteiger partial charge in [-0.1, -0.05) is 0 Å². The maximum Gasteiger partial charge on any atom is 0.407 e. The molecule has 0 spiro atoms. The van der Waals surface area contributed by atoms with Gasteiger partial charge in [-0.15, -0.1) is 0 Å². The molecule has 0 radical (unpaired) electrons. The molecule has 0 saturated carbocycles. The Balaban J connectivity index is 3.02. The molecule has 23 heavy (non-hydrogen) atoms. The number of amides is 1. The van der Waals surface area contributed by atoms with E-state index in [2.05, 4.69) is 5.32 Å². The molecule has 0 saturated heterocycles. The summed E-state index contributed by atoms with van der Waals surface area (Å²) in [5.41, 5.74) is 3.45. The number of alkyl carbamates (subject to hydrolysis) is 1. The second kappa shape index (κ2) is 7.12. The molecule has 0 aliphatic rings. The lowest BCUT2D eigenvalue weighted by Crippen LogP contribution is -2.37. The molecule has 0 heterocycles. The molecule has 0 aromatic heterocycles.